The summed E-state index contributed by atoms with van der Waals surface area (Å²) in [6, 6.07) is 10.5. The number of benzene rings is 1. The summed E-state index contributed by atoms with van der Waals surface area (Å²) in [5, 5.41) is 3.48. The molecule has 1 saturated heterocycles. The summed E-state index contributed by atoms with van der Waals surface area (Å²) in [6.45, 7) is 5.67. The van der Waals surface area contributed by atoms with Gasteiger partial charge in [-0.05, 0) is 19.1 Å². The van der Waals surface area contributed by atoms with Crippen LogP contribution < -0.4 is 10.1 Å². The van der Waals surface area contributed by atoms with E-state index in [0.717, 1.165) is 43.4 Å². The lowest BCUT2D eigenvalue weighted by Gasteiger charge is -2.36. The van der Waals surface area contributed by atoms with Gasteiger partial charge in [-0.3, -0.25) is 4.90 Å². The maximum absolute atomic E-state index is 5.54. The second-order valence-electron chi connectivity index (χ2n) is 5.53. The minimum absolute atomic E-state index is 0.292. The highest BCUT2D eigenvalue weighted by Crippen LogP contribution is 2.30. The summed E-state index contributed by atoms with van der Waals surface area (Å²) in [7, 11) is 1.73. The topological polar surface area (TPSA) is 50.3 Å². The third kappa shape index (κ3) is 3.26. The number of nitrogens with one attached hydrogen (secondary N) is 1. The van der Waals surface area contributed by atoms with Crippen LogP contribution in [0.15, 0.2) is 36.5 Å². The molecule has 1 N–H and O–H groups in total. The van der Waals surface area contributed by atoms with Crippen LogP contribution in [0, 0.1) is 6.92 Å². The number of aromatic nitrogens is 2. The number of aryl methyl sites for hydroxylation is 1. The Bertz CT molecular complexity index is 632. The lowest BCUT2D eigenvalue weighted by Crippen LogP contribution is -2.45. The van der Waals surface area contributed by atoms with Gasteiger partial charge in [-0.2, -0.15) is 0 Å². The highest BCUT2D eigenvalue weighted by Gasteiger charge is 2.26. The molecule has 0 radical (unpaired) electrons. The van der Waals surface area contributed by atoms with Crippen molar-refractivity contribution in [3.63, 3.8) is 0 Å². The number of ether oxygens (including phenoxy) is 1. The van der Waals surface area contributed by atoms with Gasteiger partial charge in [0.2, 0.25) is 0 Å². The molecular weight excluding hydrogens is 276 g/mol. The quantitative estimate of drug-likeness (QED) is 0.935. The minimum atomic E-state index is 0.292. The van der Waals surface area contributed by atoms with E-state index in [0.29, 0.717) is 6.04 Å². The van der Waals surface area contributed by atoms with Gasteiger partial charge in [-0.1, -0.05) is 18.2 Å². The van der Waals surface area contributed by atoms with Crippen molar-refractivity contribution in [1.82, 2.24) is 20.2 Å². The van der Waals surface area contributed by atoms with Crippen LogP contribution in [0.3, 0.4) is 0 Å². The van der Waals surface area contributed by atoms with Crippen LogP contribution in [0.4, 0.5) is 0 Å². The smallest absolute Gasteiger partial charge is 0.125 e. The van der Waals surface area contributed by atoms with Crippen molar-refractivity contribution >= 4 is 0 Å². The lowest BCUT2D eigenvalue weighted by atomic mass is 10.0. The Labute approximate surface area is 131 Å². The van der Waals surface area contributed by atoms with Gasteiger partial charge in [0, 0.05) is 37.9 Å². The molecule has 0 bridgehead atoms. The minimum Gasteiger partial charge on any atom is -0.496 e. The molecule has 2 heterocycles. The van der Waals surface area contributed by atoms with Gasteiger partial charge in [0.1, 0.15) is 11.6 Å². The third-order valence-corrected chi connectivity index (χ3v) is 4.05. The van der Waals surface area contributed by atoms with Crippen molar-refractivity contribution in [3.8, 4) is 5.75 Å². The van der Waals surface area contributed by atoms with Crippen LogP contribution in [0.25, 0.3) is 0 Å². The molecule has 1 aromatic heterocycles. The van der Waals surface area contributed by atoms with E-state index >= 15 is 0 Å². The summed E-state index contributed by atoms with van der Waals surface area (Å²) < 4.78 is 5.54. The standard InChI is InChI=1S/C17H22N4O/c1-13-19-8-7-14(20-13)12-21-10-9-18-11-16(21)15-5-3-4-6-17(15)22-2/h3-8,16,18H,9-12H2,1-2H3. The van der Waals surface area contributed by atoms with Crippen molar-refractivity contribution in [1.29, 1.82) is 0 Å². The Kier molecular flexibility index (Phi) is 4.65. The molecule has 3 rings (SSSR count). The zero-order chi connectivity index (χ0) is 15.4. The lowest BCUT2D eigenvalue weighted by molar-refractivity contribution is 0.149. The molecule has 0 saturated carbocycles. The molecule has 1 unspecified atom stereocenters. The first kappa shape index (κ1) is 14.9. The predicted octanol–water partition coefficient (Wildman–Crippen LogP) is 1.94. The average Bonchev–Trinajstić information content (AvgIpc) is 2.55. The molecule has 2 aromatic rings. The van der Waals surface area contributed by atoms with Crippen molar-refractivity contribution < 1.29 is 4.74 Å². The molecule has 1 aromatic carbocycles. The van der Waals surface area contributed by atoms with Crippen molar-refractivity contribution in [2.24, 2.45) is 0 Å². The molecule has 22 heavy (non-hydrogen) atoms. The van der Waals surface area contributed by atoms with E-state index in [-0.39, 0.29) is 0 Å². The summed E-state index contributed by atoms with van der Waals surface area (Å²) in [4.78, 5) is 11.2. The summed E-state index contributed by atoms with van der Waals surface area (Å²) >= 11 is 0. The fraction of sp³-hybridized carbons (Fsp3) is 0.412. The number of piperazine rings is 1. The summed E-state index contributed by atoms with van der Waals surface area (Å²) in [5.74, 6) is 1.77. The Morgan fingerprint density at radius 2 is 2.18 bits per heavy atom. The molecule has 5 nitrogen and oxygen atoms in total. The van der Waals surface area contributed by atoms with Crippen LogP contribution in [-0.2, 0) is 6.54 Å². The van der Waals surface area contributed by atoms with Crippen LogP contribution >= 0.6 is 0 Å². The second kappa shape index (κ2) is 6.85. The van der Waals surface area contributed by atoms with Gasteiger partial charge >= 0.3 is 0 Å². The van der Waals surface area contributed by atoms with Crippen molar-refractivity contribution in [2.45, 2.75) is 19.5 Å². The van der Waals surface area contributed by atoms with Gasteiger partial charge in [-0.25, -0.2) is 9.97 Å². The first-order chi connectivity index (χ1) is 10.8. The number of hydrogen-bond donors (Lipinski definition) is 1. The van der Waals surface area contributed by atoms with Crippen LogP contribution in [-0.4, -0.2) is 41.6 Å². The van der Waals surface area contributed by atoms with E-state index in [2.05, 4.69) is 32.3 Å². The van der Waals surface area contributed by atoms with E-state index in [1.54, 1.807) is 7.11 Å². The maximum atomic E-state index is 5.54. The molecule has 0 aliphatic carbocycles. The largest absolute Gasteiger partial charge is 0.496 e. The monoisotopic (exact) mass is 298 g/mol. The van der Waals surface area contributed by atoms with E-state index < -0.39 is 0 Å². The van der Waals surface area contributed by atoms with E-state index in [9.17, 15) is 0 Å². The predicted molar refractivity (Wildman–Crippen MR) is 85.8 cm³/mol. The van der Waals surface area contributed by atoms with E-state index in [4.69, 9.17) is 4.74 Å². The van der Waals surface area contributed by atoms with Crippen molar-refractivity contribution in [3.05, 3.63) is 53.6 Å². The Hall–Kier alpha value is -1.98. The molecule has 116 valence electrons. The number of methoxy groups -OCH3 is 1. The fourth-order valence-corrected chi connectivity index (χ4v) is 2.99. The fourth-order valence-electron chi connectivity index (χ4n) is 2.99. The van der Waals surface area contributed by atoms with E-state index in [1.165, 1.54) is 5.56 Å². The number of para-hydroxylation sites is 1. The number of rotatable bonds is 4. The highest BCUT2D eigenvalue weighted by molar-refractivity contribution is 5.36. The Morgan fingerprint density at radius 3 is 3.00 bits per heavy atom. The summed E-state index contributed by atoms with van der Waals surface area (Å²) in [6.07, 6.45) is 1.83. The van der Waals surface area contributed by atoms with Gasteiger partial charge < -0.3 is 10.1 Å². The van der Waals surface area contributed by atoms with Gasteiger partial charge in [0.05, 0.1) is 18.8 Å². The molecule has 1 aliphatic rings. The maximum Gasteiger partial charge on any atom is 0.125 e. The molecule has 1 fully saturated rings. The van der Waals surface area contributed by atoms with Crippen LogP contribution in [0.2, 0.25) is 0 Å². The Morgan fingerprint density at radius 1 is 1.32 bits per heavy atom. The zero-order valence-electron chi connectivity index (χ0n) is 13.1. The average molecular weight is 298 g/mol. The number of nitrogens with zero attached hydrogens (tertiary/aromatic N) is 3. The summed E-state index contributed by atoms with van der Waals surface area (Å²) in [5.41, 5.74) is 2.29. The van der Waals surface area contributed by atoms with Gasteiger partial charge in [0.15, 0.2) is 0 Å². The first-order valence-corrected chi connectivity index (χ1v) is 7.64. The molecule has 5 heteroatoms. The van der Waals surface area contributed by atoms with Crippen molar-refractivity contribution in [2.75, 3.05) is 26.7 Å². The Balaban J connectivity index is 1.85. The second-order valence-corrected chi connectivity index (χ2v) is 5.53. The molecule has 0 spiro atoms. The number of hydrogen-bond acceptors (Lipinski definition) is 5. The van der Waals surface area contributed by atoms with Crippen LogP contribution in [0.5, 0.6) is 5.75 Å². The normalized spacial score (nSPS) is 19.1. The van der Waals surface area contributed by atoms with Crippen LogP contribution in [0.1, 0.15) is 23.1 Å². The first-order valence-electron chi connectivity index (χ1n) is 7.64. The van der Waals surface area contributed by atoms with Gasteiger partial charge in [-0.15, -0.1) is 0 Å². The molecule has 0 amide bonds. The van der Waals surface area contributed by atoms with Gasteiger partial charge in [0.25, 0.3) is 0 Å². The molecular formula is C17H22N4O. The SMILES string of the molecule is COc1ccccc1C1CNCCN1Cc1ccnc(C)n1. The van der Waals surface area contributed by atoms with E-state index in [1.807, 2.05) is 31.3 Å². The zero-order valence-corrected chi connectivity index (χ0v) is 13.1. The third-order valence-electron chi connectivity index (χ3n) is 4.05. The highest BCUT2D eigenvalue weighted by atomic mass is 16.5. The molecule has 1 atom stereocenters. The molecule has 1 aliphatic heterocycles.